The number of carbonyl (C=O) groups excluding carboxylic acids is 1. The Balaban J connectivity index is 0.000000461. The minimum absolute atomic E-state index is 1.21. The fourth-order valence-electron chi connectivity index (χ4n) is 0.933. The van der Waals surface area contributed by atoms with Gasteiger partial charge in [-0.2, -0.15) is 0 Å². The van der Waals surface area contributed by atoms with Gasteiger partial charge < -0.3 is 4.79 Å². The predicted molar refractivity (Wildman–Crippen MR) is 47.6 cm³/mol. The summed E-state index contributed by atoms with van der Waals surface area (Å²) in [5, 5.41) is 0. The van der Waals surface area contributed by atoms with Gasteiger partial charge in [-0.15, -0.1) is 0 Å². The minimum atomic E-state index is 1.21. The third kappa shape index (κ3) is 4.31. The highest BCUT2D eigenvalue weighted by molar-refractivity contribution is 5.14. The molecular weight excluding hydrogens is 136 g/mol. The van der Waals surface area contributed by atoms with E-state index in [1.54, 1.807) is 0 Å². The van der Waals surface area contributed by atoms with Crippen LogP contribution in [0.15, 0.2) is 30.3 Å². The molecule has 1 aromatic carbocycles. The molecule has 1 heteroatoms. The van der Waals surface area contributed by atoms with E-state index in [9.17, 15) is 0 Å². The molecule has 0 aliphatic rings. The zero-order chi connectivity index (χ0) is 8.53. The molecule has 0 heterocycles. The Kier molecular flexibility index (Phi) is 6.30. The van der Waals surface area contributed by atoms with E-state index in [-0.39, 0.29) is 0 Å². The lowest BCUT2D eigenvalue weighted by atomic mass is 10.1. The summed E-state index contributed by atoms with van der Waals surface area (Å²) < 4.78 is 0. The smallest absolute Gasteiger partial charge is 0.106 e. The molecule has 0 bridgehead atoms. The van der Waals surface area contributed by atoms with Crippen LogP contribution < -0.4 is 0 Å². The molecule has 0 aromatic heterocycles. The molecule has 0 saturated carbocycles. The van der Waals surface area contributed by atoms with E-state index in [0.29, 0.717) is 0 Å². The van der Waals surface area contributed by atoms with Gasteiger partial charge in [0.25, 0.3) is 0 Å². The van der Waals surface area contributed by atoms with Crippen molar-refractivity contribution in [2.75, 3.05) is 0 Å². The molecule has 0 amide bonds. The van der Waals surface area contributed by atoms with Crippen molar-refractivity contribution in [3.05, 3.63) is 35.9 Å². The summed E-state index contributed by atoms with van der Waals surface area (Å²) in [6, 6.07) is 10.6. The van der Waals surface area contributed by atoms with Gasteiger partial charge in [0.05, 0.1) is 0 Å². The van der Waals surface area contributed by atoms with Crippen LogP contribution in [0, 0.1) is 0 Å². The first kappa shape index (κ1) is 9.89. The number of carbonyl (C=O) groups is 1. The summed E-state index contributed by atoms with van der Waals surface area (Å²) in [4.78, 5) is 8.00. The Hall–Kier alpha value is -1.11. The van der Waals surface area contributed by atoms with E-state index in [2.05, 4.69) is 37.3 Å². The maximum atomic E-state index is 8.00. The van der Waals surface area contributed by atoms with E-state index in [1.165, 1.54) is 18.4 Å². The summed E-state index contributed by atoms with van der Waals surface area (Å²) in [6.07, 6.45) is 2.45. The first-order valence-corrected chi connectivity index (χ1v) is 3.76. The van der Waals surface area contributed by atoms with E-state index in [4.69, 9.17) is 4.79 Å². The summed E-state index contributed by atoms with van der Waals surface area (Å²) in [7, 11) is 0. The number of rotatable bonds is 2. The van der Waals surface area contributed by atoms with Crippen LogP contribution in [0.2, 0.25) is 0 Å². The normalized spacial score (nSPS) is 8.09. The first-order chi connectivity index (χ1) is 5.43. The summed E-state index contributed by atoms with van der Waals surface area (Å²) in [6.45, 7) is 4.20. The van der Waals surface area contributed by atoms with Gasteiger partial charge in [0.15, 0.2) is 0 Å². The van der Waals surface area contributed by atoms with Gasteiger partial charge in [0, 0.05) is 0 Å². The Morgan fingerprint density at radius 3 is 2.18 bits per heavy atom. The van der Waals surface area contributed by atoms with E-state index >= 15 is 0 Å². The van der Waals surface area contributed by atoms with Crippen molar-refractivity contribution in [3.8, 4) is 0 Å². The first-order valence-electron chi connectivity index (χ1n) is 3.76. The highest BCUT2D eigenvalue weighted by Gasteiger charge is 1.84. The van der Waals surface area contributed by atoms with Crippen LogP contribution in [-0.4, -0.2) is 6.79 Å². The van der Waals surface area contributed by atoms with Crippen LogP contribution in [0.3, 0.4) is 0 Å². The zero-order valence-corrected chi connectivity index (χ0v) is 6.92. The molecular formula is C10H14O. The van der Waals surface area contributed by atoms with Crippen molar-refractivity contribution < 1.29 is 4.79 Å². The second kappa shape index (κ2) is 7.00. The van der Waals surface area contributed by atoms with Crippen LogP contribution in [0.5, 0.6) is 0 Å². The molecule has 0 radical (unpaired) electrons. The quantitative estimate of drug-likeness (QED) is 0.633. The Morgan fingerprint density at radius 2 is 1.73 bits per heavy atom. The Labute approximate surface area is 68.1 Å². The highest BCUT2D eigenvalue weighted by atomic mass is 16.1. The fourth-order valence-corrected chi connectivity index (χ4v) is 0.933. The molecule has 60 valence electrons. The fraction of sp³-hybridized carbons (Fsp3) is 0.300. The summed E-state index contributed by atoms with van der Waals surface area (Å²) in [5.41, 5.74) is 1.44. The van der Waals surface area contributed by atoms with Crippen molar-refractivity contribution in [2.24, 2.45) is 0 Å². The van der Waals surface area contributed by atoms with Gasteiger partial charge in [0.1, 0.15) is 6.79 Å². The van der Waals surface area contributed by atoms with Crippen molar-refractivity contribution in [1.29, 1.82) is 0 Å². The molecule has 1 aromatic rings. The molecule has 0 fully saturated rings. The van der Waals surface area contributed by atoms with Crippen LogP contribution in [0.25, 0.3) is 0 Å². The maximum absolute atomic E-state index is 8.00. The SMILES string of the molecule is C=O.CCCc1ccccc1. The second-order valence-corrected chi connectivity index (χ2v) is 2.24. The lowest BCUT2D eigenvalue weighted by Crippen LogP contribution is -1.78. The van der Waals surface area contributed by atoms with Gasteiger partial charge >= 0.3 is 0 Å². The van der Waals surface area contributed by atoms with Gasteiger partial charge in [-0.1, -0.05) is 43.7 Å². The van der Waals surface area contributed by atoms with Crippen LogP contribution in [-0.2, 0) is 11.2 Å². The number of benzene rings is 1. The van der Waals surface area contributed by atoms with E-state index < -0.39 is 0 Å². The van der Waals surface area contributed by atoms with Crippen LogP contribution >= 0.6 is 0 Å². The second-order valence-electron chi connectivity index (χ2n) is 2.24. The standard InChI is InChI=1S/C9H12.CH2O/c1-2-6-9-7-4-3-5-8-9;1-2/h3-5,7-8H,2,6H2,1H3;1H2. The van der Waals surface area contributed by atoms with Crippen molar-refractivity contribution >= 4 is 6.79 Å². The summed E-state index contributed by atoms with van der Waals surface area (Å²) >= 11 is 0. The van der Waals surface area contributed by atoms with E-state index in [1.807, 2.05) is 6.79 Å². The van der Waals surface area contributed by atoms with Crippen molar-refractivity contribution in [2.45, 2.75) is 19.8 Å². The number of aryl methyl sites for hydroxylation is 1. The number of hydrogen-bond donors (Lipinski definition) is 0. The predicted octanol–water partition coefficient (Wildman–Crippen LogP) is 2.45. The van der Waals surface area contributed by atoms with Crippen molar-refractivity contribution in [3.63, 3.8) is 0 Å². The molecule has 0 saturated heterocycles. The molecule has 1 nitrogen and oxygen atoms in total. The largest absolute Gasteiger partial charge is 0.307 e. The van der Waals surface area contributed by atoms with Crippen LogP contribution in [0.4, 0.5) is 0 Å². The Morgan fingerprint density at radius 1 is 1.18 bits per heavy atom. The third-order valence-electron chi connectivity index (χ3n) is 1.38. The molecule has 0 N–H and O–H groups in total. The molecule has 1 rings (SSSR count). The Bertz CT molecular complexity index is 169. The molecule has 0 unspecified atom stereocenters. The monoisotopic (exact) mass is 150 g/mol. The third-order valence-corrected chi connectivity index (χ3v) is 1.38. The van der Waals surface area contributed by atoms with E-state index in [0.717, 1.165) is 0 Å². The zero-order valence-electron chi connectivity index (χ0n) is 6.92. The topological polar surface area (TPSA) is 17.1 Å². The minimum Gasteiger partial charge on any atom is -0.307 e. The van der Waals surface area contributed by atoms with Gasteiger partial charge in [-0.3, -0.25) is 0 Å². The lowest BCUT2D eigenvalue weighted by molar-refractivity contribution is -0.0979. The van der Waals surface area contributed by atoms with Crippen LogP contribution in [0.1, 0.15) is 18.9 Å². The number of hydrogen-bond acceptors (Lipinski definition) is 1. The molecule has 11 heavy (non-hydrogen) atoms. The van der Waals surface area contributed by atoms with Crippen molar-refractivity contribution in [1.82, 2.24) is 0 Å². The highest BCUT2D eigenvalue weighted by Crippen LogP contribution is 2.00. The lowest BCUT2D eigenvalue weighted by Gasteiger charge is -1.93. The van der Waals surface area contributed by atoms with Gasteiger partial charge in [-0.05, 0) is 12.0 Å². The average Bonchev–Trinajstić information content (AvgIpc) is 2.11. The summed E-state index contributed by atoms with van der Waals surface area (Å²) in [5.74, 6) is 0. The average molecular weight is 150 g/mol. The van der Waals surface area contributed by atoms with Gasteiger partial charge in [-0.25, -0.2) is 0 Å². The molecule has 0 aliphatic heterocycles. The molecule has 0 atom stereocenters. The molecule has 0 aliphatic carbocycles. The maximum Gasteiger partial charge on any atom is 0.106 e. The molecule has 0 spiro atoms. The van der Waals surface area contributed by atoms with Gasteiger partial charge in [0.2, 0.25) is 0 Å².